The lowest BCUT2D eigenvalue weighted by Gasteiger charge is -2.16. The van der Waals surface area contributed by atoms with Crippen LogP contribution < -0.4 is 25.1 Å². The highest BCUT2D eigenvalue weighted by Gasteiger charge is 2.27. The number of carbonyl (C=O) groups is 1. The second kappa shape index (κ2) is 7.91. The number of thioether (sulfide) groups is 1. The third-order valence-corrected chi connectivity index (χ3v) is 5.28. The Morgan fingerprint density at radius 3 is 2.48 bits per heavy atom. The number of fused-ring (bicyclic) bond motifs is 1. The molecule has 1 atom stereocenters. The molecule has 0 radical (unpaired) electrons. The van der Waals surface area contributed by atoms with Crippen LogP contribution >= 0.6 is 11.8 Å². The molecule has 2 heterocycles. The molecule has 8 nitrogen and oxygen atoms in total. The number of amides is 1. The summed E-state index contributed by atoms with van der Waals surface area (Å²) in [5, 5.41) is 3.49. The fourth-order valence-corrected chi connectivity index (χ4v) is 4.19. The van der Waals surface area contributed by atoms with Crippen molar-refractivity contribution < 1.29 is 19.0 Å². The minimum Gasteiger partial charge on any atom is -0.493 e. The van der Waals surface area contributed by atoms with E-state index in [1.165, 1.54) is 39.2 Å². The van der Waals surface area contributed by atoms with Crippen LogP contribution in [0.2, 0.25) is 0 Å². The summed E-state index contributed by atoms with van der Waals surface area (Å²) in [6.45, 7) is 1.79. The number of rotatable bonds is 6. The number of ether oxygens (including phenoxy) is 3. The zero-order valence-electron chi connectivity index (χ0n) is 15.6. The summed E-state index contributed by atoms with van der Waals surface area (Å²) in [6, 6.07) is 4.58. The van der Waals surface area contributed by atoms with E-state index in [-0.39, 0.29) is 23.9 Å². The largest absolute Gasteiger partial charge is 0.493 e. The van der Waals surface area contributed by atoms with Gasteiger partial charge in [0.1, 0.15) is 0 Å². The molecule has 1 amide bonds. The van der Waals surface area contributed by atoms with Gasteiger partial charge in [0.15, 0.2) is 16.7 Å². The first-order valence-corrected chi connectivity index (χ1v) is 9.28. The summed E-state index contributed by atoms with van der Waals surface area (Å²) in [5.74, 6) is 1.77. The molecule has 0 saturated heterocycles. The number of anilines is 1. The molecule has 144 valence electrons. The molecule has 1 aromatic carbocycles. The lowest BCUT2D eigenvalue weighted by molar-refractivity contribution is -0.116. The number of aromatic nitrogens is 2. The average molecular weight is 391 g/mol. The lowest BCUT2D eigenvalue weighted by Crippen LogP contribution is -2.27. The van der Waals surface area contributed by atoms with Gasteiger partial charge in [-0.1, -0.05) is 11.8 Å². The molecule has 0 bridgehead atoms. The summed E-state index contributed by atoms with van der Waals surface area (Å²) in [4.78, 5) is 29.2. The number of nitrogens with one attached hydrogen (secondary N) is 1. The Balaban J connectivity index is 1.78. The van der Waals surface area contributed by atoms with Crippen molar-refractivity contribution in [3.8, 4) is 17.2 Å². The van der Waals surface area contributed by atoms with E-state index in [0.29, 0.717) is 39.5 Å². The van der Waals surface area contributed by atoms with Crippen molar-refractivity contribution in [1.29, 1.82) is 0 Å². The number of methoxy groups -OCH3 is 3. The standard InChI is InChI=1S/C18H21N3O5S/c1-10-5-16(23)21-12(9-27-18(21)19-10)8-15(22)20-11-6-13(24-2)17(26-4)14(7-11)25-3/h5-7,12H,8-9H2,1-4H3,(H,20,22). The quantitative estimate of drug-likeness (QED) is 0.755. The predicted octanol–water partition coefficient (Wildman–Crippen LogP) is 2.25. The number of nitrogens with zero attached hydrogens (tertiary/aromatic N) is 2. The summed E-state index contributed by atoms with van der Waals surface area (Å²) >= 11 is 1.48. The Bertz CT molecular complexity index is 903. The third-order valence-electron chi connectivity index (χ3n) is 4.19. The van der Waals surface area contributed by atoms with Gasteiger partial charge in [-0.05, 0) is 6.92 Å². The van der Waals surface area contributed by atoms with Crippen LogP contribution in [0.3, 0.4) is 0 Å². The molecule has 1 unspecified atom stereocenters. The smallest absolute Gasteiger partial charge is 0.254 e. The monoisotopic (exact) mass is 391 g/mol. The van der Waals surface area contributed by atoms with Crippen LogP contribution in [-0.2, 0) is 4.79 Å². The second-order valence-electron chi connectivity index (χ2n) is 6.02. The van der Waals surface area contributed by atoms with Crippen LogP contribution in [-0.4, -0.2) is 42.5 Å². The number of hydrogen-bond acceptors (Lipinski definition) is 7. The summed E-state index contributed by atoms with van der Waals surface area (Å²) in [7, 11) is 4.54. The third kappa shape index (κ3) is 3.87. The van der Waals surface area contributed by atoms with Crippen LogP contribution in [0.1, 0.15) is 18.2 Å². The van der Waals surface area contributed by atoms with Gasteiger partial charge in [-0.25, -0.2) is 4.98 Å². The van der Waals surface area contributed by atoms with Crippen molar-refractivity contribution in [3.05, 3.63) is 34.2 Å². The van der Waals surface area contributed by atoms with E-state index in [4.69, 9.17) is 14.2 Å². The zero-order valence-corrected chi connectivity index (χ0v) is 16.4. The van der Waals surface area contributed by atoms with E-state index in [1.807, 2.05) is 0 Å². The Kier molecular flexibility index (Phi) is 5.59. The number of hydrogen-bond donors (Lipinski definition) is 1. The topological polar surface area (TPSA) is 91.7 Å². The maximum atomic E-state index is 12.5. The second-order valence-corrected chi connectivity index (χ2v) is 7.01. The van der Waals surface area contributed by atoms with Crippen molar-refractivity contribution in [2.24, 2.45) is 0 Å². The van der Waals surface area contributed by atoms with Gasteiger partial charge in [0, 0.05) is 41.8 Å². The molecule has 3 rings (SSSR count). The first-order valence-electron chi connectivity index (χ1n) is 8.29. The van der Waals surface area contributed by atoms with E-state index >= 15 is 0 Å². The Labute approximate surface area is 160 Å². The molecule has 0 fully saturated rings. The Morgan fingerprint density at radius 1 is 1.22 bits per heavy atom. The van der Waals surface area contributed by atoms with Gasteiger partial charge in [0.05, 0.1) is 27.4 Å². The average Bonchev–Trinajstić information content (AvgIpc) is 3.03. The summed E-state index contributed by atoms with van der Waals surface area (Å²) in [5.41, 5.74) is 1.07. The van der Waals surface area contributed by atoms with E-state index in [0.717, 1.165) is 0 Å². The molecule has 1 aromatic heterocycles. The number of carbonyl (C=O) groups excluding carboxylic acids is 1. The molecule has 27 heavy (non-hydrogen) atoms. The van der Waals surface area contributed by atoms with Gasteiger partial charge in [0.2, 0.25) is 11.7 Å². The minimum absolute atomic E-state index is 0.131. The van der Waals surface area contributed by atoms with Crippen molar-refractivity contribution in [3.63, 3.8) is 0 Å². The number of aryl methyl sites for hydroxylation is 1. The first-order chi connectivity index (χ1) is 13.0. The number of benzene rings is 1. The summed E-state index contributed by atoms with van der Waals surface area (Å²) < 4.78 is 17.5. The van der Waals surface area contributed by atoms with Gasteiger partial charge in [-0.3, -0.25) is 14.2 Å². The minimum atomic E-state index is -0.229. The predicted molar refractivity (Wildman–Crippen MR) is 102 cm³/mol. The molecule has 0 aliphatic carbocycles. The maximum absolute atomic E-state index is 12.5. The normalized spacial score (nSPS) is 15.2. The molecule has 1 N–H and O–H groups in total. The van der Waals surface area contributed by atoms with Crippen LogP contribution in [0.4, 0.5) is 5.69 Å². The van der Waals surface area contributed by atoms with E-state index in [2.05, 4.69) is 10.3 Å². The van der Waals surface area contributed by atoms with Crippen molar-refractivity contribution in [2.75, 3.05) is 32.4 Å². The van der Waals surface area contributed by atoms with E-state index < -0.39 is 0 Å². The van der Waals surface area contributed by atoms with Crippen molar-refractivity contribution in [1.82, 2.24) is 9.55 Å². The highest BCUT2D eigenvalue weighted by Crippen LogP contribution is 2.40. The van der Waals surface area contributed by atoms with Crippen LogP contribution in [0.5, 0.6) is 17.2 Å². The fourth-order valence-electron chi connectivity index (χ4n) is 2.99. The molecule has 9 heteroatoms. The summed E-state index contributed by atoms with van der Waals surface area (Å²) in [6.07, 6.45) is 0.168. The van der Waals surface area contributed by atoms with E-state index in [1.54, 1.807) is 23.6 Å². The SMILES string of the molecule is COc1cc(NC(=O)CC2CSc3nc(C)cc(=O)n32)cc(OC)c1OC. The molecule has 0 spiro atoms. The van der Waals surface area contributed by atoms with E-state index in [9.17, 15) is 9.59 Å². The van der Waals surface area contributed by atoms with Gasteiger partial charge >= 0.3 is 0 Å². The van der Waals surface area contributed by atoms with Gasteiger partial charge in [-0.15, -0.1) is 0 Å². The molecule has 0 saturated carbocycles. The molecule has 1 aliphatic rings. The lowest BCUT2D eigenvalue weighted by atomic mass is 10.2. The Morgan fingerprint density at radius 2 is 1.89 bits per heavy atom. The van der Waals surface area contributed by atoms with Crippen molar-refractivity contribution >= 4 is 23.4 Å². The van der Waals surface area contributed by atoms with Crippen LogP contribution in [0.15, 0.2) is 28.2 Å². The van der Waals surface area contributed by atoms with Crippen LogP contribution in [0.25, 0.3) is 0 Å². The van der Waals surface area contributed by atoms with Gasteiger partial charge in [-0.2, -0.15) is 0 Å². The Hall–Kier alpha value is -2.68. The highest BCUT2D eigenvalue weighted by molar-refractivity contribution is 7.99. The van der Waals surface area contributed by atoms with Crippen molar-refractivity contribution in [2.45, 2.75) is 24.5 Å². The van der Waals surface area contributed by atoms with Gasteiger partial charge in [0.25, 0.3) is 5.56 Å². The molecular weight excluding hydrogens is 370 g/mol. The molecule has 1 aliphatic heterocycles. The highest BCUT2D eigenvalue weighted by atomic mass is 32.2. The molecule has 2 aromatic rings. The molecular formula is C18H21N3O5S. The maximum Gasteiger partial charge on any atom is 0.254 e. The van der Waals surface area contributed by atoms with Gasteiger partial charge < -0.3 is 19.5 Å². The zero-order chi connectivity index (χ0) is 19.6. The first kappa shape index (κ1) is 19.1. The van der Waals surface area contributed by atoms with Crippen LogP contribution in [0, 0.1) is 6.92 Å². The fraction of sp³-hybridized carbons (Fsp3) is 0.389.